The van der Waals surface area contributed by atoms with E-state index in [0.29, 0.717) is 28.6 Å². The molecular weight excluding hydrogens is 290 g/mol. The molecule has 0 saturated heterocycles. The van der Waals surface area contributed by atoms with E-state index in [0.717, 1.165) is 11.0 Å². The fourth-order valence-electron chi connectivity index (χ4n) is 2.24. The van der Waals surface area contributed by atoms with E-state index in [1.807, 2.05) is 30.3 Å². The van der Waals surface area contributed by atoms with Crippen molar-refractivity contribution < 1.29 is 8.83 Å². The average Bonchev–Trinajstić information content (AvgIpc) is 3.29. The lowest BCUT2D eigenvalue weighted by atomic mass is 10.1. The first-order valence-corrected chi connectivity index (χ1v) is 6.96. The third kappa shape index (κ3) is 2.72. The lowest BCUT2D eigenvalue weighted by molar-refractivity contribution is 0.572. The first-order chi connectivity index (χ1) is 11.3. The molecule has 0 fully saturated rings. The third-order valence-corrected chi connectivity index (χ3v) is 3.20. The monoisotopic (exact) mass is 305 g/mol. The zero-order chi connectivity index (χ0) is 16.2. The highest BCUT2D eigenvalue weighted by atomic mass is 16.3. The third-order valence-electron chi connectivity index (χ3n) is 3.20. The van der Waals surface area contributed by atoms with Gasteiger partial charge in [0.2, 0.25) is 0 Å². The SMILES string of the molecule is C=C.Nc1ccc2nc(-c3ccco3)c(-c3ccco3)nc2c1. The van der Waals surface area contributed by atoms with Crippen LogP contribution in [0, 0.1) is 0 Å². The van der Waals surface area contributed by atoms with Gasteiger partial charge in [-0.3, -0.25) is 0 Å². The first-order valence-electron chi connectivity index (χ1n) is 6.96. The van der Waals surface area contributed by atoms with Gasteiger partial charge in [0.05, 0.1) is 23.6 Å². The van der Waals surface area contributed by atoms with Gasteiger partial charge >= 0.3 is 0 Å². The quantitative estimate of drug-likeness (QED) is 0.434. The Labute approximate surface area is 133 Å². The molecule has 4 aromatic rings. The molecule has 0 bridgehead atoms. The molecule has 0 atom stereocenters. The topological polar surface area (TPSA) is 78.1 Å². The zero-order valence-electron chi connectivity index (χ0n) is 12.4. The molecule has 0 radical (unpaired) electrons. The summed E-state index contributed by atoms with van der Waals surface area (Å²) >= 11 is 0. The maximum atomic E-state index is 5.82. The number of aromatic nitrogens is 2. The van der Waals surface area contributed by atoms with Gasteiger partial charge in [0.1, 0.15) is 11.4 Å². The van der Waals surface area contributed by atoms with E-state index in [1.165, 1.54) is 0 Å². The van der Waals surface area contributed by atoms with Gasteiger partial charge in [-0.1, -0.05) is 0 Å². The van der Waals surface area contributed by atoms with Gasteiger partial charge in [-0.15, -0.1) is 13.2 Å². The van der Waals surface area contributed by atoms with E-state index in [2.05, 4.69) is 23.1 Å². The smallest absolute Gasteiger partial charge is 0.154 e. The van der Waals surface area contributed by atoms with Crippen molar-refractivity contribution in [3.63, 3.8) is 0 Å². The molecule has 0 aliphatic carbocycles. The molecule has 0 unspecified atom stereocenters. The van der Waals surface area contributed by atoms with Gasteiger partial charge in [0, 0.05) is 5.69 Å². The Morgan fingerprint density at radius 1 is 0.783 bits per heavy atom. The van der Waals surface area contributed by atoms with Crippen LogP contribution < -0.4 is 5.73 Å². The second-order valence-electron chi connectivity index (χ2n) is 4.62. The van der Waals surface area contributed by atoms with Crippen molar-refractivity contribution in [2.24, 2.45) is 0 Å². The Morgan fingerprint density at radius 3 is 1.87 bits per heavy atom. The highest BCUT2D eigenvalue weighted by molar-refractivity contribution is 5.85. The number of furan rings is 2. The van der Waals surface area contributed by atoms with Crippen LogP contribution >= 0.6 is 0 Å². The van der Waals surface area contributed by atoms with E-state index in [9.17, 15) is 0 Å². The predicted molar refractivity (Wildman–Crippen MR) is 90.6 cm³/mol. The maximum Gasteiger partial charge on any atom is 0.154 e. The maximum absolute atomic E-state index is 5.82. The summed E-state index contributed by atoms with van der Waals surface area (Å²) in [6, 6.07) is 12.8. The van der Waals surface area contributed by atoms with E-state index >= 15 is 0 Å². The Hall–Kier alpha value is -3.34. The van der Waals surface area contributed by atoms with Crippen LogP contribution in [0.15, 0.2) is 77.0 Å². The van der Waals surface area contributed by atoms with Gasteiger partial charge in [-0.05, 0) is 42.5 Å². The Bertz CT molecular complexity index is 913. The minimum Gasteiger partial charge on any atom is -0.463 e. The Morgan fingerprint density at radius 2 is 1.35 bits per heavy atom. The fourth-order valence-corrected chi connectivity index (χ4v) is 2.24. The summed E-state index contributed by atoms with van der Waals surface area (Å²) in [5.74, 6) is 1.28. The molecule has 2 N–H and O–H groups in total. The summed E-state index contributed by atoms with van der Waals surface area (Å²) in [5, 5.41) is 0. The standard InChI is InChI=1S/C16H11N3O2.C2H4/c17-10-5-6-11-12(9-10)19-16(14-4-2-8-21-14)15(18-11)13-3-1-7-20-13;1-2/h1-9H,17H2;1-2H2. The number of nitrogens with zero attached hydrogens (tertiary/aromatic N) is 2. The normalized spacial score (nSPS) is 10.3. The number of fused-ring (bicyclic) bond motifs is 1. The molecule has 0 saturated carbocycles. The van der Waals surface area contributed by atoms with Crippen LogP contribution in [-0.4, -0.2) is 9.97 Å². The van der Waals surface area contributed by atoms with Crippen LogP contribution in [0.4, 0.5) is 5.69 Å². The van der Waals surface area contributed by atoms with E-state index in [4.69, 9.17) is 14.6 Å². The number of nitrogen functional groups attached to an aromatic ring is 1. The Balaban J connectivity index is 0.000000753. The van der Waals surface area contributed by atoms with Crippen LogP contribution in [0.1, 0.15) is 0 Å². The van der Waals surface area contributed by atoms with Crippen molar-refractivity contribution in [2.45, 2.75) is 0 Å². The van der Waals surface area contributed by atoms with E-state index in [1.54, 1.807) is 24.7 Å². The second kappa shape index (κ2) is 6.19. The summed E-state index contributed by atoms with van der Waals surface area (Å²) in [4.78, 5) is 9.28. The van der Waals surface area contributed by atoms with Crippen LogP contribution in [0.3, 0.4) is 0 Å². The van der Waals surface area contributed by atoms with E-state index in [-0.39, 0.29) is 0 Å². The molecule has 3 aromatic heterocycles. The minimum absolute atomic E-state index is 0.632. The summed E-state index contributed by atoms with van der Waals surface area (Å²) in [5.41, 5.74) is 9.21. The predicted octanol–water partition coefficient (Wildman–Crippen LogP) is 4.53. The molecule has 114 valence electrons. The fraction of sp³-hybridized carbons (Fsp3) is 0. The molecule has 0 aliphatic heterocycles. The molecule has 0 amide bonds. The van der Waals surface area contributed by atoms with E-state index < -0.39 is 0 Å². The molecule has 5 heteroatoms. The highest BCUT2D eigenvalue weighted by Crippen LogP contribution is 2.31. The highest BCUT2D eigenvalue weighted by Gasteiger charge is 2.17. The van der Waals surface area contributed by atoms with Gasteiger partial charge in [-0.25, -0.2) is 9.97 Å². The molecule has 1 aromatic carbocycles. The Kier molecular flexibility index (Phi) is 3.93. The number of hydrogen-bond acceptors (Lipinski definition) is 5. The number of nitrogens with two attached hydrogens (primary N) is 1. The molecule has 0 aliphatic rings. The van der Waals surface area contributed by atoms with Gasteiger partial charge in [-0.2, -0.15) is 0 Å². The van der Waals surface area contributed by atoms with Crippen LogP contribution in [0.25, 0.3) is 33.9 Å². The van der Waals surface area contributed by atoms with Crippen LogP contribution in [-0.2, 0) is 0 Å². The van der Waals surface area contributed by atoms with Gasteiger partial charge in [0.25, 0.3) is 0 Å². The molecule has 3 heterocycles. The van der Waals surface area contributed by atoms with Crippen molar-refractivity contribution in [2.75, 3.05) is 5.73 Å². The summed E-state index contributed by atoms with van der Waals surface area (Å²) < 4.78 is 10.9. The zero-order valence-corrected chi connectivity index (χ0v) is 12.4. The number of anilines is 1. The minimum atomic E-state index is 0.632. The van der Waals surface area contributed by atoms with Crippen molar-refractivity contribution >= 4 is 16.7 Å². The van der Waals surface area contributed by atoms with Crippen molar-refractivity contribution in [1.82, 2.24) is 9.97 Å². The van der Waals surface area contributed by atoms with Crippen molar-refractivity contribution in [3.05, 3.63) is 68.1 Å². The lowest BCUT2D eigenvalue weighted by Gasteiger charge is -2.06. The van der Waals surface area contributed by atoms with Crippen LogP contribution in [0.2, 0.25) is 0 Å². The first kappa shape index (κ1) is 14.6. The second-order valence-corrected chi connectivity index (χ2v) is 4.62. The average molecular weight is 305 g/mol. The summed E-state index contributed by atoms with van der Waals surface area (Å²) in [6.45, 7) is 6.00. The molecule has 0 spiro atoms. The number of hydrogen-bond donors (Lipinski definition) is 1. The van der Waals surface area contributed by atoms with Crippen molar-refractivity contribution in [1.29, 1.82) is 0 Å². The van der Waals surface area contributed by atoms with Crippen LogP contribution in [0.5, 0.6) is 0 Å². The largest absolute Gasteiger partial charge is 0.463 e. The van der Waals surface area contributed by atoms with Crippen molar-refractivity contribution in [3.8, 4) is 22.9 Å². The summed E-state index contributed by atoms with van der Waals surface area (Å²) in [6.07, 6.45) is 3.21. The molecule has 5 nitrogen and oxygen atoms in total. The van der Waals surface area contributed by atoms with Gasteiger partial charge in [0.15, 0.2) is 11.5 Å². The number of benzene rings is 1. The molecule has 4 rings (SSSR count). The molecule has 23 heavy (non-hydrogen) atoms. The number of rotatable bonds is 2. The lowest BCUT2D eigenvalue weighted by Crippen LogP contribution is -1.95. The summed E-state index contributed by atoms with van der Waals surface area (Å²) in [7, 11) is 0. The van der Waals surface area contributed by atoms with Gasteiger partial charge < -0.3 is 14.6 Å². The molecular formula is C18H15N3O2.